The molecule has 0 amide bonds. The monoisotopic (exact) mass is 285 g/mol. The molecular formula is C15H24ClNS. The van der Waals surface area contributed by atoms with Gasteiger partial charge < -0.3 is 5.32 Å². The largest absolute Gasteiger partial charge is 0.314 e. The van der Waals surface area contributed by atoms with Gasteiger partial charge in [-0.3, -0.25) is 0 Å². The first-order valence-corrected chi connectivity index (χ1v) is 8.24. The van der Waals surface area contributed by atoms with E-state index in [4.69, 9.17) is 11.6 Å². The molecule has 0 saturated carbocycles. The van der Waals surface area contributed by atoms with Gasteiger partial charge in [0.15, 0.2) is 0 Å². The molecule has 1 N–H and O–H groups in total. The Hall–Kier alpha value is -0.180. The molecule has 0 heterocycles. The van der Waals surface area contributed by atoms with E-state index < -0.39 is 0 Å². The molecule has 1 aromatic carbocycles. The molecule has 0 saturated heterocycles. The summed E-state index contributed by atoms with van der Waals surface area (Å²) in [7, 11) is 0. The number of benzene rings is 1. The van der Waals surface area contributed by atoms with Crippen LogP contribution in [-0.2, 0) is 0 Å². The summed E-state index contributed by atoms with van der Waals surface area (Å²) >= 11 is 7.78. The number of hydrogen-bond donors (Lipinski definition) is 1. The van der Waals surface area contributed by atoms with E-state index in [2.05, 4.69) is 31.3 Å². The molecular weight excluding hydrogens is 262 g/mol. The molecule has 102 valence electrons. The molecule has 0 aromatic heterocycles. The second-order valence-corrected chi connectivity index (χ2v) is 6.11. The van der Waals surface area contributed by atoms with Crippen LogP contribution in [0.25, 0.3) is 0 Å². The van der Waals surface area contributed by atoms with Crippen LogP contribution in [0.3, 0.4) is 0 Å². The van der Waals surface area contributed by atoms with E-state index in [0.29, 0.717) is 6.04 Å². The predicted octanol–water partition coefficient (Wildman–Crippen LogP) is 4.99. The average molecular weight is 286 g/mol. The summed E-state index contributed by atoms with van der Waals surface area (Å²) in [5.41, 5.74) is 0. The molecule has 0 radical (unpaired) electrons. The van der Waals surface area contributed by atoms with Gasteiger partial charge in [-0.1, -0.05) is 25.4 Å². The van der Waals surface area contributed by atoms with Crippen LogP contribution >= 0.6 is 23.4 Å². The second kappa shape index (κ2) is 9.71. The van der Waals surface area contributed by atoms with Gasteiger partial charge in [0.1, 0.15) is 0 Å². The number of thioether (sulfide) groups is 1. The first-order valence-electron chi connectivity index (χ1n) is 6.88. The number of hydrogen-bond acceptors (Lipinski definition) is 2. The minimum atomic E-state index is 0.691. The first-order chi connectivity index (χ1) is 8.76. The van der Waals surface area contributed by atoms with Gasteiger partial charge in [0.2, 0.25) is 0 Å². The van der Waals surface area contributed by atoms with Gasteiger partial charge in [0.05, 0.1) is 0 Å². The summed E-state index contributed by atoms with van der Waals surface area (Å²) in [5, 5.41) is 4.41. The van der Waals surface area contributed by atoms with Crippen LogP contribution in [0, 0.1) is 0 Å². The highest BCUT2D eigenvalue weighted by atomic mass is 35.5. The van der Waals surface area contributed by atoms with Gasteiger partial charge >= 0.3 is 0 Å². The van der Waals surface area contributed by atoms with Crippen molar-refractivity contribution in [2.75, 3.05) is 12.3 Å². The fraction of sp³-hybridized carbons (Fsp3) is 0.600. The molecule has 0 aliphatic carbocycles. The minimum Gasteiger partial charge on any atom is -0.314 e. The van der Waals surface area contributed by atoms with Crippen molar-refractivity contribution in [3.05, 3.63) is 29.3 Å². The molecule has 1 unspecified atom stereocenters. The standard InChI is InChI=1S/C15H24ClNS/c1-3-11-17-14(4-2)6-5-12-18-15-9-7-13(16)8-10-15/h7-10,14,17H,3-6,11-12H2,1-2H3. The maximum Gasteiger partial charge on any atom is 0.0406 e. The zero-order chi connectivity index (χ0) is 13.2. The fourth-order valence-electron chi connectivity index (χ4n) is 1.85. The molecule has 0 fully saturated rings. The Kier molecular flexibility index (Phi) is 8.57. The Morgan fingerprint density at radius 3 is 2.56 bits per heavy atom. The lowest BCUT2D eigenvalue weighted by Crippen LogP contribution is -2.29. The van der Waals surface area contributed by atoms with Crippen LogP contribution in [0.1, 0.15) is 39.5 Å². The van der Waals surface area contributed by atoms with Gasteiger partial charge in [0, 0.05) is 16.0 Å². The van der Waals surface area contributed by atoms with E-state index in [0.717, 1.165) is 11.6 Å². The summed E-state index contributed by atoms with van der Waals surface area (Å²) in [4.78, 5) is 1.31. The number of halogens is 1. The SMILES string of the molecule is CCCNC(CC)CCCSc1ccc(Cl)cc1. The maximum atomic E-state index is 5.86. The highest BCUT2D eigenvalue weighted by molar-refractivity contribution is 7.99. The van der Waals surface area contributed by atoms with Crippen molar-refractivity contribution in [2.45, 2.75) is 50.5 Å². The van der Waals surface area contributed by atoms with E-state index in [1.807, 2.05) is 23.9 Å². The van der Waals surface area contributed by atoms with Crippen molar-refractivity contribution in [2.24, 2.45) is 0 Å². The summed E-state index contributed by atoms with van der Waals surface area (Å²) in [6.45, 7) is 5.62. The third-order valence-electron chi connectivity index (χ3n) is 2.96. The van der Waals surface area contributed by atoms with Crippen LogP contribution in [0.5, 0.6) is 0 Å². The molecule has 0 aliphatic rings. The van der Waals surface area contributed by atoms with Crippen LogP contribution in [0.15, 0.2) is 29.2 Å². The topological polar surface area (TPSA) is 12.0 Å². The van der Waals surface area contributed by atoms with Crippen LogP contribution < -0.4 is 5.32 Å². The number of rotatable bonds is 9. The van der Waals surface area contributed by atoms with E-state index in [1.165, 1.54) is 36.3 Å². The van der Waals surface area contributed by atoms with E-state index in [1.54, 1.807) is 0 Å². The Morgan fingerprint density at radius 1 is 1.22 bits per heavy atom. The van der Waals surface area contributed by atoms with Crippen LogP contribution in [0.4, 0.5) is 0 Å². The maximum absolute atomic E-state index is 5.86. The third-order valence-corrected chi connectivity index (χ3v) is 4.31. The Morgan fingerprint density at radius 2 is 1.94 bits per heavy atom. The molecule has 0 bridgehead atoms. The molecule has 0 spiro atoms. The van der Waals surface area contributed by atoms with Crippen LogP contribution in [0.2, 0.25) is 5.02 Å². The lowest BCUT2D eigenvalue weighted by molar-refractivity contribution is 0.465. The molecule has 1 atom stereocenters. The van der Waals surface area contributed by atoms with Crippen molar-refractivity contribution in [3.8, 4) is 0 Å². The minimum absolute atomic E-state index is 0.691. The van der Waals surface area contributed by atoms with Crippen molar-refractivity contribution in [1.82, 2.24) is 5.32 Å². The van der Waals surface area contributed by atoms with Gasteiger partial charge in [-0.2, -0.15) is 0 Å². The molecule has 1 aromatic rings. The lowest BCUT2D eigenvalue weighted by Gasteiger charge is -2.16. The summed E-state index contributed by atoms with van der Waals surface area (Å²) in [5.74, 6) is 1.19. The molecule has 1 rings (SSSR count). The third kappa shape index (κ3) is 6.67. The molecule has 0 aliphatic heterocycles. The highest BCUT2D eigenvalue weighted by Crippen LogP contribution is 2.21. The van der Waals surface area contributed by atoms with E-state index in [-0.39, 0.29) is 0 Å². The van der Waals surface area contributed by atoms with Gasteiger partial charge in [-0.15, -0.1) is 11.8 Å². The lowest BCUT2D eigenvalue weighted by atomic mass is 10.1. The second-order valence-electron chi connectivity index (χ2n) is 4.50. The quantitative estimate of drug-likeness (QED) is 0.507. The number of nitrogens with one attached hydrogen (secondary N) is 1. The zero-order valence-corrected chi connectivity index (χ0v) is 13.0. The Labute approximate surface area is 121 Å². The van der Waals surface area contributed by atoms with Crippen molar-refractivity contribution in [3.63, 3.8) is 0 Å². The van der Waals surface area contributed by atoms with E-state index >= 15 is 0 Å². The Balaban J connectivity index is 2.15. The predicted molar refractivity (Wildman–Crippen MR) is 83.8 cm³/mol. The summed E-state index contributed by atoms with van der Waals surface area (Å²) < 4.78 is 0. The average Bonchev–Trinajstić information content (AvgIpc) is 2.40. The van der Waals surface area contributed by atoms with Crippen molar-refractivity contribution >= 4 is 23.4 Å². The smallest absolute Gasteiger partial charge is 0.0406 e. The van der Waals surface area contributed by atoms with Gasteiger partial charge in [-0.05, 0) is 62.2 Å². The molecule has 18 heavy (non-hydrogen) atoms. The first kappa shape index (κ1) is 15.9. The fourth-order valence-corrected chi connectivity index (χ4v) is 2.85. The van der Waals surface area contributed by atoms with Crippen LogP contribution in [-0.4, -0.2) is 18.3 Å². The highest BCUT2D eigenvalue weighted by Gasteiger charge is 2.04. The summed E-state index contributed by atoms with van der Waals surface area (Å²) in [6.07, 6.45) is 4.99. The van der Waals surface area contributed by atoms with Crippen molar-refractivity contribution in [1.29, 1.82) is 0 Å². The van der Waals surface area contributed by atoms with Crippen molar-refractivity contribution < 1.29 is 0 Å². The summed E-state index contributed by atoms with van der Waals surface area (Å²) in [6, 6.07) is 8.80. The van der Waals surface area contributed by atoms with Gasteiger partial charge in [0.25, 0.3) is 0 Å². The zero-order valence-electron chi connectivity index (χ0n) is 11.4. The van der Waals surface area contributed by atoms with E-state index in [9.17, 15) is 0 Å². The molecule has 3 heteroatoms. The Bertz CT molecular complexity index is 313. The normalized spacial score (nSPS) is 12.6. The van der Waals surface area contributed by atoms with Gasteiger partial charge in [-0.25, -0.2) is 0 Å². The molecule has 1 nitrogen and oxygen atoms in total.